The molecule has 3 atom stereocenters. The molecule has 2 rings (SSSR count). The van der Waals surface area contributed by atoms with E-state index in [-0.39, 0.29) is 17.6 Å². The zero-order chi connectivity index (χ0) is 20.8. The summed E-state index contributed by atoms with van der Waals surface area (Å²) in [4.78, 5) is 4.90. The second-order valence-corrected chi connectivity index (χ2v) is 11.0. The first kappa shape index (κ1) is 24.1. The first-order chi connectivity index (χ1) is 13.0. The molecule has 2 aliphatic heterocycles. The van der Waals surface area contributed by atoms with Crippen LogP contribution in [0.15, 0.2) is 0 Å². The molecule has 2 fully saturated rings. The number of aliphatic hydroxyl groups excluding tert-OH is 1. The van der Waals surface area contributed by atoms with Crippen molar-refractivity contribution < 1.29 is 14.6 Å². The fraction of sp³-hybridized carbons (Fsp3) is 1.00. The molecule has 3 unspecified atom stereocenters. The van der Waals surface area contributed by atoms with Gasteiger partial charge >= 0.3 is 0 Å². The highest BCUT2D eigenvalue weighted by molar-refractivity contribution is 4.83. The van der Waals surface area contributed by atoms with Crippen LogP contribution in [0.25, 0.3) is 0 Å². The van der Waals surface area contributed by atoms with Crippen LogP contribution in [0.4, 0.5) is 0 Å². The zero-order valence-corrected chi connectivity index (χ0v) is 19.4. The van der Waals surface area contributed by atoms with Crippen molar-refractivity contribution in [2.24, 2.45) is 16.7 Å². The fourth-order valence-electron chi connectivity index (χ4n) is 4.40. The quantitative estimate of drug-likeness (QED) is 0.646. The molecule has 0 aromatic rings. The van der Waals surface area contributed by atoms with Crippen molar-refractivity contribution in [3.05, 3.63) is 0 Å². The molecule has 0 aromatic heterocycles. The van der Waals surface area contributed by atoms with Crippen LogP contribution in [-0.2, 0) is 9.47 Å². The Kier molecular flexibility index (Phi) is 9.21. The Balaban J connectivity index is 1.74. The van der Waals surface area contributed by atoms with Gasteiger partial charge in [0.2, 0.25) is 0 Å². The van der Waals surface area contributed by atoms with Crippen LogP contribution in [0, 0.1) is 16.7 Å². The smallest absolute Gasteiger partial charge is 0.0707 e. The Morgan fingerprint density at radius 3 is 2.29 bits per heavy atom. The van der Waals surface area contributed by atoms with E-state index in [0.29, 0.717) is 5.41 Å². The molecule has 0 amide bonds. The SMILES string of the molecule is CC(CCN1CCOC(CC(C)(C)CC(O)CN2CCOCC2)C1)C(C)(C)C. The van der Waals surface area contributed by atoms with Gasteiger partial charge in [-0.1, -0.05) is 41.5 Å². The summed E-state index contributed by atoms with van der Waals surface area (Å²) in [5.41, 5.74) is 0.461. The van der Waals surface area contributed by atoms with Gasteiger partial charge in [-0.25, -0.2) is 0 Å². The lowest BCUT2D eigenvalue weighted by molar-refractivity contribution is -0.0563. The van der Waals surface area contributed by atoms with Crippen molar-refractivity contribution in [3.63, 3.8) is 0 Å². The van der Waals surface area contributed by atoms with E-state index in [1.807, 2.05) is 0 Å². The minimum absolute atomic E-state index is 0.0814. The van der Waals surface area contributed by atoms with Gasteiger partial charge in [-0.15, -0.1) is 0 Å². The van der Waals surface area contributed by atoms with Crippen LogP contribution in [0.1, 0.15) is 60.8 Å². The van der Waals surface area contributed by atoms with E-state index in [1.165, 1.54) is 13.0 Å². The van der Waals surface area contributed by atoms with Gasteiger partial charge in [-0.3, -0.25) is 9.80 Å². The summed E-state index contributed by atoms with van der Waals surface area (Å²) in [6, 6.07) is 0. The molecular formula is C23H46N2O3. The number of β-amino-alcohol motifs (C(OH)–C–C–N with tert-alkyl or cyclic N) is 1. The first-order valence-electron chi connectivity index (χ1n) is 11.4. The zero-order valence-electron chi connectivity index (χ0n) is 19.4. The minimum atomic E-state index is -0.277. The van der Waals surface area contributed by atoms with Crippen molar-refractivity contribution in [2.45, 2.75) is 73.0 Å². The number of aliphatic hydroxyl groups is 1. The average Bonchev–Trinajstić information content (AvgIpc) is 2.59. The number of hydrogen-bond acceptors (Lipinski definition) is 5. The summed E-state index contributed by atoms with van der Waals surface area (Å²) < 4.78 is 11.5. The first-order valence-corrected chi connectivity index (χ1v) is 11.4. The monoisotopic (exact) mass is 398 g/mol. The molecule has 28 heavy (non-hydrogen) atoms. The lowest BCUT2D eigenvalue weighted by atomic mass is 9.80. The Hall–Kier alpha value is -0.200. The Labute approximate surface area is 173 Å². The van der Waals surface area contributed by atoms with E-state index in [9.17, 15) is 5.11 Å². The Morgan fingerprint density at radius 2 is 1.64 bits per heavy atom. The summed E-state index contributed by atoms with van der Waals surface area (Å²) in [5, 5.41) is 10.6. The van der Waals surface area contributed by atoms with Crippen molar-refractivity contribution in [1.82, 2.24) is 9.80 Å². The topological polar surface area (TPSA) is 45.2 Å². The van der Waals surface area contributed by atoms with Crippen LogP contribution < -0.4 is 0 Å². The normalized spacial score (nSPS) is 25.6. The maximum absolute atomic E-state index is 10.6. The van der Waals surface area contributed by atoms with E-state index in [2.05, 4.69) is 51.3 Å². The molecule has 0 bridgehead atoms. The van der Waals surface area contributed by atoms with Gasteiger partial charge in [-0.05, 0) is 42.6 Å². The van der Waals surface area contributed by atoms with Gasteiger partial charge < -0.3 is 14.6 Å². The van der Waals surface area contributed by atoms with Gasteiger partial charge in [0.05, 0.1) is 32.0 Å². The molecular weight excluding hydrogens is 352 g/mol. The standard InChI is InChI=1S/C23H46N2O3/c1-19(22(2,3)4)7-8-24-11-14-28-21(18-24)16-23(5,6)15-20(26)17-25-9-12-27-13-10-25/h19-21,26H,7-18H2,1-6H3. The Morgan fingerprint density at radius 1 is 1.00 bits per heavy atom. The molecule has 2 heterocycles. The van der Waals surface area contributed by atoms with Crippen LogP contribution in [0.5, 0.6) is 0 Å². The minimum Gasteiger partial charge on any atom is -0.392 e. The summed E-state index contributed by atoms with van der Waals surface area (Å²) >= 11 is 0. The second kappa shape index (κ2) is 10.7. The van der Waals surface area contributed by atoms with Crippen LogP contribution in [0.2, 0.25) is 0 Å². The Bertz CT molecular complexity index is 444. The molecule has 0 radical (unpaired) electrons. The van der Waals surface area contributed by atoms with Gasteiger partial charge in [0.25, 0.3) is 0 Å². The van der Waals surface area contributed by atoms with Gasteiger partial charge in [-0.2, -0.15) is 0 Å². The van der Waals surface area contributed by atoms with Crippen LogP contribution in [0.3, 0.4) is 0 Å². The molecule has 2 aliphatic rings. The summed E-state index contributed by atoms with van der Waals surface area (Å²) in [6.07, 6.45) is 3.09. The molecule has 5 heteroatoms. The maximum atomic E-state index is 10.6. The summed E-state index contributed by atoms with van der Waals surface area (Å²) in [6.45, 7) is 22.2. The molecule has 0 saturated carbocycles. The molecule has 0 aliphatic carbocycles. The maximum Gasteiger partial charge on any atom is 0.0707 e. The van der Waals surface area contributed by atoms with E-state index in [0.717, 1.165) is 71.3 Å². The van der Waals surface area contributed by atoms with E-state index in [1.54, 1.807) is 0 Å². The highest BCUT2D eigenvalue weighted by Crippen LogP contribution is 2.32. The number of ether oxygens (including phenoxy) is 2. The van der Waals surface area contributed by atoms with Gasteiger partial charge in [0.15, 0.2) is 0 Å². The third-order valence-electron chi connectivity index (χ3n) is 6.72. The molecule has 166 valence electrons. The van der Waals surface area contributed by atoms with Gasteiger partial charge in [0.1, 0.15) is 0 Å². The molecule has 1 N–H and O–H groups in total. The van der Waals surface area contributed by atoms with E-state index < -0.39 is 0 Å². The molecule has 2 saturated heterocycles. The third-order valence-corrected chi connectivity index (χ3v) is 6.72. The average molecular weight is 399 g/mol. The van der Waals surface area contributed by atoms with E-state index in [4.69, 9.17) is 9.47 Å². The second-order valence-electron chi connectivity index (χ2n) is 11.0. The molecule has 5 nitrogen and oxygen atoms in total. The third kappa shape index (κ3) is 8.66. The van der Waals surface area contributed by atoms with Gasteiger partial charge in [0, 0.05) is 32.7 Å². The van der Waals surface area contributed by atoms with Crippen molar-refractivity contribution in [1.29, 1.82) is 0 Å². The fourth-order valence-corrected chi connectivity index (χ4v) is 4.40. The van der Waals surface area contributed by atoms with Crippen molar-refractivity contribution in [2.75, 3.05) is 59.1 Å². The van der Waals surface area contributed by atoms with Crippen LogP contribution in [-0.4, -0.2) is 86.2 Å². The highest BCUT2D eigenvalue weighted by atomic mass is 16.5. The summed E-state index contributed by atoms with van der Waals surface area (Å²) in [7, 11) is 0. The summed E-state index contributed by atoms with van der Waals surface area (Å²) in [5.74, 6) is 0.723. The predicted octanol–water partition coefficient (Wildman–Crippen LogP) is 3.26. The molecule has 0 spiro atoms. The van der Waals surface area contributed by atoms with E-state index >= 15 is 0 Å². The largest absolute Gasteiger partial charge is 0.392 e. The lowest BCUT2D eigenvalue weighted by Crippen LogP contribution is -2.46. The van der Waals surface area contributed by atoms with Crippen LogP contribution >= 0.6 is 0 Å². The predicted molar refractivity (Wildman–Crippen MR) is 116 cm³/mol. The number of nitrogens with zero attached hydrogens (tertiary/aromatic N) is 2. The number of rotatable bonds is 9. The van der Waals surface area contributed by atoms with Crippen molar-refractivity contribution in [3.8, 4) is 0 Å². The van der Waals surface area contributed by atoms with Crippen molar-refractivity contribution >= 4 is 0 Å². The lowest BCUT2D eigenvalue weighted by Gasteiger charge is -2.39. The number of morpholine rings is 2. The number of hydrogen-bond donors (Lipinski definition) is 1. The molecule has 0 aromatic carbocycles. The highest BCUT2D eigenvalue weighted by Gasteiger charge is 2.31.